The Morgan fingerprint density at radius 3 is 2.37 bits per heavy atom. The molecule has 0 spiro atoms. The Balaban J connectivity index is 1.46. The van der Waals surface area contributed by atoms with Crippen LogP contribution in [0, 0.1) is 5.82 Å². The van der Waals surface area contributed by atoms with Gasteiger partial charge in [0.15, 0.2) is 15.6 Å². The number of benzene rings is 2. The van der Waals surface area contributed by atoms with Crippen LogP contribution in [0.4, 0.5) is 34.9 Å². The van der Waals surface area contributed by atoms with Crippen molar-refractivity contribution in [1.29, 1.82) is 0 Å². The fourth-order valence-electron chi connectivity index (χ4n) is 4.67. The quantitative estimate of drug-likeness (QED) is 0.325. The molecule has 3 heterocycles. The fourth-order valence-corrected chi connectivity index (χ4v) is 6.08. The third-order valence-corrected chi connectivity index (χ3v) is 8.56. The summed E-state index contributed by atoms with van der Waals surface area (Å²) in [7, 11) is -2.87. The van der Waals surface area contributed by atoms with Gasteiger partial charge >= 0.3 is 6.18 Å². The number of nitrogens with one attached hydrogen (secondary N) is 1. The number of anilines is 3. The van der Waals surface area contributed by atoms with Gasteiger partial charge in [0.25, 0.3) is 5.56 Å². The number of aromatic nitrogens is 3. The molecule has 0 bridgehead atoms. The van der Waals surface area contributed by atoms with E-state index in [4.69, 9.17) is 0 Å². The van der Waals surface area contributed by atoms with Crippen LogP contribution in [0.25, 0.3) is 11.0 Å². The van der Waals surface area contributed by atoms with E-state index in [-0.39, 0.29) is 11.6 Å². The SMILES string of the molecule is CN1CCN(c2ccc(Nc3ncc4ccc(=O)n(Cc5c(F)cccc5S(=O)(=O)CC(F)(F)F)c4n3)cc2)CC1. The molecule has 0 saturated carbocycles. The van der Waals surface area contributed by atoms with Crippen molar-refractivity contribution in [3.05, 3.63) is 82.5 Å². The largest absolute Gasteiger partial charge is 0.403 e. The molecular formula is C27H26F4N6O3S. The maximum Gasteiger partial charge on any atom is 0.403 e. The van der Waals surface area contributed by atoms with Gasteiger partial charge in [-0.25, -0.2) is 17.8 Å². The van der Waals surface area contributed by atoms with Gasteiger partial charge in [0.05, 0.1) is 11.4 Å². The van der Waals surface area contributed by atoms with Crippen molar-refractivity contribution in [2.75, 3.05) is 49.2 Å². The van der Waals surface area contributed by atoms with Crippen molar-refractivity contribution in [3.8, 4) is 0 Å². The zero-order valence-corrected chi connectivity index (χ0v) is 22.7. The van der Waals surface area contributed by atoms with Crippen LogP contribution >= 0.6 is 0 Å². The molecule has 0 radical (unpaired) electrons. The Morgan fingerprint density at radius 2 is 1.68 bits per heavy atom. The summed E-state index contributed by atoms with van der Waals surface area (Å²) in [6.07, 6.45) is -3.60. The summed E-state index contributed by atoms with van der Waals surface area (Å²) < 4.78 is 79.9. The van der Waals surface area contributed by atoms with E-state index < -0.39 is 50.1 Å². The Labute approximate surface area is 233 Å². The van der Waals surface area contributed by atoms with Gasteiger partial charge in [-0.1, -0.05) is 6.07 Å². The first-order valence-electron chi connectivity index (χ1n) is 12.6. The van der Waals surface area contributed by atoms with Crippen LogP contribution in [0.5, 0.6) is 0 Å². The van der Waals surface area contributed by atoms with E-state index >= 15 is 0 Å². The molecule has 1 aliphatic heterocycles. The van der Waals surface area contributed by atoms with E-state index in [1.165, 1.54) is 18.3 Å². The molecule has 0 amide bonds. The van der Waals surface area contributed by atoms with E-state index in [1.807, 2.05) is 24.3 Å². The fraction of sp³-hybridized carbons (Fsp3) is 0.296. The first-order valence-corrected chi connectivity index (χ1v) is 14.3. The van der Waals surface area contributed by atoms with Crippen molar-refractivity contribution in [2.45, 2.75) is 17.6 Å². The highest BCUT2D eigenvalue weighted by Gasteiger charge is 2.37. The molecule has 2 aromatic carbocycles. The highest BCUT2D eigenvalue weighted by Crippen LogP contribution is 2.27. The Kier molecular flexibility index (Phi) is 7.70. The van der Waals surface area contributed by atoms with E-state index in [1.54, 1.807) is 0 Å². The van der Waals surface area contributed by atoms with Crippen LogP contribution in [-0.4, -0.2) is 73.0 Å². The van der Waals surface area contributed by atoms with Gasteiger partial charge < -0.3 is 15.1 Å². The van der Waals surface area contributed by atoms with Crippen LogP contribution in [0.1, 0.15) is 5.56 Å². The van der Waals surface area contributed by atoms with Crippen molar-refractivity contribution >= 4 is 38.2 Å². The van der Waals surface area contributed by atoms with E-state index in [9.17, 15) is 30.8 Å². The first-order chi connectivity index (χ1) is 19.4. The second kappa shape index (κ2) is 11.1. The number of piperazine rings is 1. The predicted molar refractivity (Wildman–Crippen MR) is 147 cm³/mol. The molecule has 1 N–H and O–H groups in total. The maximum absolute atomic E-state index is 14.9. The predicted octanol–water partition coefficient (Wildman–Crippen LogP) is 3.81. The summed E-state index contributed by atoms with van der Waals surface area (Å²) in [5.41, 5.74) is 0.561. The van der Waals surface area contributed by atoms with Gasteiger partial charge in [-0.15, -0.1) is 0 Å². The standard InChI is InChI=1S/C27H26F4N6O3S/c1-35-11-13-36(14-12-35)20-8-6-19(7-9-20)33-26-32-15-18-5-10-24(38)37(25(18)34-26)16-21-22(28)3-2-4-23(21)41(39,40)17-27(29,30)31/h2-10,15H,11-14,16-17H2,1H3,(H,32,33,34). The second-order valence-electron chi connectivity index (χ2n) is 9.78. The van der Waals surface area contributed by atoms with Gasteiger partial charge in [-0.2, -0.15) is 18.2 Å². The number of nitrogens with zero attached hydrogens (tertiary/aromatic N) is 5. The second-order valence-corrected chi connectivity index (χ2v) is 11.7. The summed E-state index contributed by atoms with van der Waals surface area (Å²) >= 11 is 0. The average molecular weight is 591 g/mol. The number of pyridine rings is 1. The zero-order valence-electron chi connectivity index (χ0n) is 21.9. The number of rotatable bonds is 7. The molecule has 4 aromatic rings. The van der Waals surface area contributed by atoms with Crippen LogP contribution in [0.15, 0.2) is 70.5 Å². The molecule has 216 valence electrons. The summed E-state index contributed by atoms with van der Waals surface area (Å²) in [5, 5.41) is 3.44. The molecule has 0 aliphatic carbocycles. The molecule has 1 fully saturated rings. The summed E-state index contributed by atoms with van der Waals surface area (Å²) in [6, 6.07) is 13.1. The number of sulfone groups is 1. The lowest BCUT2D eigenvalue weighted by molar-refractivity contribution is -0.106. The van der Waals surface area contributed by atoms with E-state index in [0.29, 0.717) is 11.1 Å². The van der Waals surface area contributed by atoms with Crippen molar-refractivity contribution in [3.63, 3.8) is 0 Å². The molecule has 2 aromatic heterocycles. The van der Waals surface area contributed by atoms with Gasteiger partial charge in [0.1, 0.15) is 11.5 Å². The van der Waals surface area contributed by atoms with Gasteiger partial charge in [-0.05, 0) is 49.5 Å². The Bertz CT molecular complexity index is 1740. The van der Waals surface area contributed by atoms with Crippen LogP contribution in [0.3, 0.4) is 0 Å². The lowest BCUT2D eigenvalue weighted by atomic mass is 10.2. The highest BCUT2D eigenvalue weighted by atomic mass is 32.2. The number of alkyl halides is 3. The van der Waals surface area contributed by atoms with Crippen molar-refractivity contribution in [1.82, 2.24) is 19.4 Å². The lowest BCUT2D eigenvalue weighted by Crippen LogP contribution is -2.44. The van der Waals surface area contributed by atoms with E-state index in [2.05, 4.69) is 32.1 Å². The molecule has 41 heavy (non-hydrogen) atoms. The summed E-state index contributed by atoms with van der Waals surface area (Å²) in [5.74, 6) is -3.11. The number of likely N-dealkylation sites (N-methyl/N-ethyl adjacent to an activating group) is 1. The van der Waals surface area contributed by atoms with Gasteiger partial charge in [-0.3, -0.25) is 9.36 Å². The topological polar surface area (TPSA) is 100 Å². The molecule has 5 rings (SSSR count). The molecule has 0 unspecified atom stereocenters. The number of fused-ring (bicyclic) bond motifs is 1. The zero-order chi connectivity index (χ0) is 29.4. The van der Waals surface area contributed by atoms with Crippen LogP contribution in [0.2, 0.25) is 0 Å². The minimum Gasteiger partial charge on any atom is -0.369 e. The smallest absolute Gasteiger partial charge is 0.369 e. The monoisotopic (exact) mass is 590 g/mol. The third kappa shape index (κ3) is 6.49. The van der Waals surface area contributed by atoms with Crippen LogP contribution in [-0.2, 0) is 16.4 Å². The Morgan fingerprint density at radius 1 is 0.976 bits per heavy atom. The maximum atomic E-state index is 14.9. The lowest BCUT2D eigenvalue weighted by Gasteiger charge is -2.34. The van der Waals surface area contributed by atoms with Gasteiger partial charge in [0, 0.05) is 60.8 Å². The minimum atomic E-state index is -5.03. The third-order valence-electron chi connectivity index (χ3n) is 6.80. The molecule has 0 atom stereocenters. The molecule has 1 aliphatic rings. The van der Waals surface area contributed by atoms with Crippen LogP contribution < -0.4 is 15.8 Å². The first kappa shape index (κ1) is 28.5. The normalized spacial score (nSPS) is 14.9. The molecule has 1 saturated heterocycles. The van der Waals surface area contributed by atoms with E-state index in [0.717, 1.165) is 54.6 Å². The molecular weight excluding hydrogens is 564 g/mol. The van der Waals surface area contributed by atoms with Crippen molar-refractivity contribution in [2.24, 2.45) is 0 Å². The number of hydrogen-bond donors (Lipinski definition) is 1. The minimum absolute atomic E-state index is 0.0477. The Hall–Kier alpha value is -4.04. The molecule has 9 nitrogen and oxygen atoms in total. The molecule has 14 heteroatoms. The number of halogens is 4. The van der Waals surface area contributed by atoms with Gasteiger partial charge in [0.2, 0.25) is 5.95 Å². The number of hydrogen-bond acceptors (Lipinski definition) is 8. The van der Waals surface area contributed by atoms with Crippen molar-refractivity contribution < 1.29 is 26.0 Å². The summed E-state index contributed by atoms with van der Waals surface area (Å²) in [6.45, 7) is 3.10. The average Bonchev–Trinajstić information content (AvgIpc) is 2.91. The highest BCUT2D eigenvalue weighted by molar-refractivity contribution is 7.91. The summed E-state index contributed by atoms with van der Waals surface area (Å²) in [4.78, 5) is 25.2.